The molecule has 2 bridgehead atoms. The first-order chi connectivity index (χ1) is 13.9. The van der Waals surface area contributed by atoms with Crippen LogP contribution in [0.5, 0.6) is 0 Å². The van der Waals surface area contributed by atoms with Gasteiger partial charge in [0.15, 0.2) is 0 Å². The Labute approximate surface area is 167 Å². The summed E-state index contributed by atoms with van der Waals surface area (Å²) in [6.45, 7) is 2.87. The second kappa shape index (κ2) is 6.49. The molecule has 1 aromatic carbocycles. The molecule has 0 radical (unpaired) electrons. The van der Waals surface area contributed by atoms with Crippen molar-refractivity contribution in [2.75, 3.05) is 18.0 Å². The summed E-state index contributed by atoms with van der Waals surface area (Å²) in [6, 6.07) is 4.75. The Kier molecular flexibility index (Phi) is 4.14. The zero-order chi connectivity index (χ0) is 20.4. The van der Waals surface area contributed by atoms with Crippen LogP contribution in [-0.4, -0.2) is 58.9 Å². The molecule has 1 unspecified atom stereocenters. The van der Waals surface area contributed by atoms with E-state index in [9.17, 15) is 23.6 Å². The van der Waals surface area contributed by atoms with Crippen LogP contribution in [-0.2, 0) is 9.59 Å². The van der Waals surface area contributed by atoms with Crippen LogP contribution in [0.3, 0.4) is 0 Å². The molecule has 8 heteroatoms. The number of amides is 2. The third-order valence-electron chi connectivity index (χ3n) is 6.83. The minimum atomic E-state index is -0.706. The smallest absolute Gasteiger partial charge is 0.244 e. The van der Waals surface area contributed by atoms with Gasteiger partial charge in [0.2, 0.25) is 11.8 Å². The van der Waals surface area contributed by atoms with E-state index in [1.165, 1.54) is 17.0 Å². The molecule has 3 heterocycles. The lowest BCUT2D eigenvalue weighted by atomic mass is 10.1. The topological polar surface area (TPSA) is 67.7 Å². The molecule has 1 aliphatic carbocycles. The number of anilines is 1. The number of carbonyl (C=O) groups excluding carboxylic acids is 2. The summed E-state index contributed by atoms with van der Waals surface area (Å²) in [5.41, 5.74) is 0.248. The van der Waals surface area contributed by atoms with Crippen molar-refractivity contribution in [3.63, 3.8) is 0 Å². The van der Waals surface area contributed by atoms with E-state index in [4.69, 9.17) is 0 Å². The molecule has 4 aliphatic rings. The number of likely N-dealkylation sites (tertiary alicyclic amines) is 2. The molecule has 5 rings (SSSR count). The van der Waals surface area contributed by atoms with E-state index in [-0.39, 0.29) is 47.6 Å². The van der Waals surface area contributed by atoms with Gasteiger partial charge in [-0.1, -0.05) is 6.92 Å². The number of hydrogen-bond donors (Lipinski definition) is 0. The third-order valence-corrected chi connectivity index (χ3v) is 6.83. The van der Waals surface area contributed by atoms with Crippen LogP contribution in [0, 0.1) is 34.8 Å². The van der Waals surface area contributed by atoms with Crippen LogP contribution >= 0.6 is 0 Å². The van der Waals surface area contributed by atoms with Gasteiger partial charge in [-0.2, -0.15) is 5.26 Å². The highest BCUT2D eigenvalue weighted by molar-refractivity contribution is 6.01. The van der Waals surface area contributed by atoms with Crippen LogP contribution in [0.25, 0.3) is 0 Å². The number of hydrogen-bond acceptors (Lipinski definition) is 4. The maximum Gasteiger partial charge on any atom is 0.244 e. The van der Waals surface area contributed by atoms with Crippen LogP contribution in [0.15, 0.2) is 18.2 Å². The lowest BCUT2D eigenvalue weighted by Crippen LogP contribution is -2.53. The third kappa shape index (κ3) is 2.91. The molecule has 3 aliphatic heterocycles. The molecule has 3 saturated heterocycles. The number of piperidine rings is 1. The first kappa shape index (κ1) is 18.5. The van der Waals surface area contributed by atoms with E-state index in [0.29, 0.717) is 25.4 Å². The van der Waals surface area contributed by atoms with Crippen molar-refractivity contribution in [3.05, 3.63) is 29.8 Å². The summed E-state index contributed by atoms with van der Waals surface area (Å²) >= 11 is 0. The van der Waals surface area contributed by atoms with Crippen LogP contribution in [0.1, 0.15) is 26.2 Å². The van der Waals surface area contributed by atoms with Crippen molar-refractivity contribution in [2.24, 2.45) is 11.8 Å². The lowest BCUT2D eigenvalue weighted by molar-refractivity contribution is -0.137. The largest absolute Gasteiger partial charge is 0.323 e. The second-order valence-electron chi connectivity index (χ2n) is 8.79. The van der Waals surface area contributed by atoms with Crippen molar-refractivity contribution in [1.82, 2.24) is 9.80 Å². The van der Waals surface area contributed by atoms with E-state index in [2.05, 4.69) is 6.07 Å². The molecule has 2 amide bonds. The Morgan fingerprint density at radius 1 is 1.24 bits per heavy atom. The summed E-state index contributed by atoms with van der Waals surface area (Å²) in [5, 5.41) is 9.33. The van der Waals surface area contributed by atoms with E-state index >= 15 is 0 Å². The van der Waals surface area contributed by atoms with Crippen molar-refractivity contribution < 1.29 is 18.4 Å². The molecule has 0 spiro atoms. The monoisotopic (exact) mass is 400 g/mol. The lowest BCUT2D eigenvalue weighted by Gasteiger charge is -2.35. The number of nitrogens with zero attached hydrogens (tertiary/aromatic N) is 4. The van der Waals surface area contributed by atoms with Gasteiger partial charge >= 0.3 is 0 Å². The minimum absolute atomic E-state index is 0.0131. The Hall–Kier alpha value is -2.53. The van der Waals surface area contributed by atoms with Gasteiger partial charge in [-0.3, -0.25) is 14.5 Å². The van der Waals surface area contributed by atoms with Gasteiger partial charge in [-0.05, 0) is 37.3 Å². The van der Waals surface area contributed by atoms with Crippen LogP contribution < -0.4 is 4.90 Å². The van der Waals surface area contributed by atoms with E-state index < -0.39 is 11.6 Å². The highest BCUT2D eigenvalue weighted by Crippen LogP contribution is 2.48. The fourth-order valence-corrected chi connectivity index (χ4v) is 5.46. The van der Waals surface area contributed by atoms with Crippen molar-refractivity contribution >= 4 is 17.5 Å². The highest BCUT2D eigenvalue weighted by Gasteiger charge is 2.55. The van der Waals surface area contributed by atoms with Gasteiger partial charge in [-0.25, -0.2) is 8.78 Å². The van der Waals surface area contributed by atoms with Gasteiger partial charge in [0.25, 0.3) is 0 Å². The summed E-state index contributed by atoms with van der Waals surface area (Å²) in [4.78, 5) is 31.1. The molecule has 0 aromatic heterocycles. The molecule has 1 saturated carbocycles. The number of benzene rings is 1. The normalized spacial score (nSPS) is 33.7. The molecular weight excluding hydrogens is 378 g/mol. The SMILES string of the molecule is C[C@@H](CN1C[C@@H]2C[C@H]1C(=O)N2c1cc(F)cc(F)c1)C(=O)N1C2C[C@H]2C[C@H]1C#N. The first-order valence-corrected chi connectivity index (χ1v) is 10.1. The number of piperazine rings is 1. The average Bonchev–Trinajstić information content (AvgIpc) is 3.01. The van der Waals surface area contributed by atoms with E-state index in [1.807, 2.05) is 11.8 Å². The van der Waals surface area contributed by atoms with Crippen LogP contribution in [0.2, 0.25) is 0 Å². The average molecular weight is 400 g/mol. The predicted octanol–water partition coefficient (Wildman–Crippen LogP) is 1.90. The predicted molar refractivity (Wildman–Crippen MR) is 99.5 cm³/mol. The maximum atomic E-state index is 13.6. The van der Waals surface area contributed by atoms with Gasteiger partial charge in [-0.15, -0.1) is 0 Å². The Balaban J connectivity index is 1.26. The number of halogens is 2. The zero-order valence-corrected chi connectivity index (χ0v) is 16.1. The van der Waals surface area contributed by atoms with E-state index in [1.54, 1.807) is 4.90 Å². The molecular formula is C21H22F2N4O2. The van der Waals surface area contributed by atoms with Gasteiger partial charge < -0.3 is 9.80 Å². The molecule has 1 aromatic rings. The first-order valence-electron chi connectivity index (χ1n) is 10.1. The summed E-state index contributed by atoms with van der Waals surface area (Å²) < 4.78 is 27.2. The van der Waals surface area contributed by atoms with E-state index in [0.717, 1.165) is 18.9 Å². The molecule has 152 valence electrons. The second-order valence-corrected chi connectivity index (χ2v) is 8.79. The van der Waals surface area contributed by atoms with Gasteiger partial charge in [0.05, 0.1) is 18.2 Å². The number of fused-ring (bicyclic) bond motifs is 3. The summed E-state index contributed by atoms with van der Waals surface area (Å²) in [6.07, 6.45) is 2.35. The van der Waals surface area contributed by atoms with Crippen molar-refractivity contribution in [3.8, 4) is 6.07 Å². The molecule has 29 heavy (non-hydrogen) atoms. The summed E-state index contributed by atoms with van der Waals surface area (Å²) in [5.74, 6) is -1.44. The number of rotatable bonds is 4. The number of carbonyl (C=O) groups is 2. The molecule has 4 fully saturated rings. The molecule has 0 N–H and O–H groups in total. The van der Waals surface area contributed by atoms with Gasteiger partial charge in [0, 0.05) is 36.8 Å². The van der Waals surface area contributed by atoms with Crippen molar-refractivity contribution in [2.45, 2.75) is 50.4 Å². The highest BCUT2D eigenvalue weighted by atomic mass is 19.1. The Morgan fingerprint density at radius 2 is 1.97 bits per heavy atom. The van der Waals surface area contributed by atoms with Gasteiger partial charge in [0.1, 0.15) is 17.7 Å². The standard InChI is InChI=1S/C21H22F2N4O2/c1-11(20(28)27-16(8-24)2-12-3-18(12)27)9-25-10-17-7-19(25)21(29)26(17)15-5-13(22)4-14(23)6-15/h4-6,11-12,16-19H,2-3,7,9-10H2,1H3/t11-,12+,16-,17-,18?,19-/m0/s1. The minimum Gasteiger partial charge on any atom is -0.323 e. The Bertz CT molecular complexity index is 911. The fourth-order valence-electron chi connectivity index (χ4n) is 5.46. The Morgan fingerprint density at radius 3 is 2.62 bits per heavy atom. The van der Waals surface area contributed by atoms with Crippen molar-refractivity contribution in [1.29, 1.82) is 5.26 Å². The fraction of sp³-hybridized carbons (Fsp3) is 0.571. The summed E-state index contributed by atoms with van der Waals surface area (Å²) in [7, 11) is 0. The maximum absolute atomic E-state index is 13.6. The zero-order valence-electron chi connectivity index (χ0n) is 16.1. The quantitative estimate of drug-likeness (QED) is 0.774. The number of nitriles is 1. The molecule has 6 atom stereocenters. The molecule has 6 nitrogen and oxygen atoms in total. The van der Waals surface area contributed by atoms with Crippen LogP contribution in [0.4, 0.5) is 14.5 Å².